The second kappa shape index (κ2) is 17.7. The highest BCUT2D eigenvalue weighted by Gasteiger charge is 1.91. The molecule has 0 aliphatic heterocycles. The summed E-state index contributed by atoms with van der Waals surface area (Å²) in [5.41, 5.74) is 0. The van der Waals surface area contributed by atoms with Gasteiger partial charge in [-0.25, -0.2) is 0 Å². The van der Waals surface area contributed by atoms with Gasteiger partial charge in [-0.05, 0) is 12.8 Å². The first-order chi connectivity index (χ1) is 8.18. The standard InChI is InChI=1S/C7H14O3.C4H10O3/c1-7(8)10-6-4-3-5-9-2;5-1-3-7-4-2-6/h3-6H2,1-2H3;5-6H,1-4H2. The Morgan fingerprint density at radius 3 is 1.94 bits per heavy atom. The number of aliphatic hydroxyl groups excluding tert-OH is 2. The number of hydrogen-bond donors (Lipinski definition) is 2. The van der Waals surface area contributed by atoms with Crippen LogP contribution in [0.1, 0.15) is 19.8 Å². The molecule has 104 valence electrons. The van der Waals surface area contributed by atoms with Crippen molar-refractivity contribution in [1.29, 1.82) is 0 Å². The summed E-state index contributed by atoms with van der Waals surface area (Å²) in [4.78, 5) is 10.2. The molecule has 6 nitrogen and oxygen atoms in total. The predicted molar refractivity (Wildman–Crippen MR) is 62.7 cm³/mol. The minimum absolute atomic E-state index is 0.0278. The number of carbonyl (C=O) groups excluding carboxylic acids is 1. The van der Waals surface area contributed by atoms with Crippen molar-refractivity contribution in [2.24, 2.45) is 0 Å². The van der Waals surface area contributed by atoms with Crippen LogP contribution in [0.3, 0.4) is 0 Å². The molecular weight excluding hydrogens is 228 g/mol. The number of unbranched alkanes of at least 4 members (excludes halogenated alkanes) is 1. The van der Waals surface area contributed by atoms with Crippen molar-refractivity contribution in [3.63, 3.8) is 0 Å². The molecule has 0 radical (unpaired) electrons. The van der Waals surface area contributed by atoms with Crippen molar-refractivity contribution in [3.8, 4) is 0 Å². The zero-order valence-corrected chi connectivity index (χ0v) is 10.7. The average Bonchev–Trinajstić information content (AvgIpc) is 2.30. The molecule has 0 atom stereocenters. The van der Waals surface area contributed by atoms with Crippen LogP contribution in [0.25, 0.3) is 0 Å². The normalized spacial score (nSPS) is 9.41. The second-order valence-electron chi connectivity index (χ2n) is 3.10. The first kappa shape index (κ1) is 18.7. The van der Waals surface area contributed by atoms with Gasteiger partial charge >= 0.3 is 5.97 Å². The lowest BCUT2D eigenvalue weighted by Gasteiger charge is -1.99. The molecule has 6 heteroatoms. The molecule has 0 bridgehead atoms. The van der Waals surface area contributed by atoms with E-state index in [4.69, 9.17) is 19.7 Å². The molecule has 0 aromatic carbocycles. The quantitative estimate of drug-likeness (QED) is 0.442. The minimum Gasteiger partial charge on any atom is -0.466 e. The van der Waals surface area contributed by atoms with Crippen LogP contribution in [0, 0.1) is 0 Å². The number of hydrogen-bond acceptors (Lipinski definition) is 6. The Bertz CT molecular complexity index is 147. The molecule has 0 aromatic rings. The van der Waals surface area contributed by atoms with Gasteiger partial charge in [0.15, 0.2) is 0 Å². The lowest BCUT2D eigenvalue weighted by atomic mass is 10.3. The second-order valence-corrected chi connectivity index (χ2v) is 3.10. The Kier molecular flexibility index (Phi) is 19.4. The maximum absolute atomic E-state index is 10.2. The molecule has 0 aromatic heterocycles. The van der Waals surface area contributed by atoms with Crippen LogP contribution in [-0.4, -0.2) is 62.9 Å². The summed E-state index contributed by atoms with van der Waals surface area (Å²) < 4.78 is 14.1. The van der Waals surface area contributed by atoms with Crippen molar-refractivity contribution in [2.75, 3.05) is 46.8 Å². The van der Waals surface area contributed by atoms with Crippen LogP contribution in [0.5, 0.6) is 0 Å². The zero-order chi connectivity index (χ0) is 13.4. The Morgan fingerprint density at radius 1 is 1.00 bits per heavy atom. The first-order valence-corrected chi connectivity index (χ1v) is 5.60. The number of methoxy groups -OCH3 is 1. The van der Waals surface area contributed by atoms with Gasteiger partial charge in [0.25, 0.3) is 0 Å². The Balaban J connectivity index is 0. The fraction of sp³-hybridized carbons (Fsp3) is 0.909. The van der Waals surface area contributed by atoms with E-state index in [-0.39, 0.29) is 19.2 Å². The fourth-order valence-electron chi connectivity index (χ4n) is 0.796. The van der Waals surface area contributed by atoms with Crippen molar-refractivity contribution in [2.45, 2.75) is 19.8 Å². The molecule has 0 unspecified atom stereocenters. The first-order valence-electron chi connectivity index (χ1n) is 5.60. The van der Waals surface area contributed by atoms with E-state index in [1.807, 2.05) is 0 Å². The smallest absolute Gasteiger partial charge is 0.302 e. The van der Waals surface area contributed by atoms with Gasteiger partial charge in [0, 0.05) is 20.6 Å². The molecule has 0 heterocycles. The van der Waals surface area contributed by atoms with Crippen LogP contribution < -0.4 is 0 Å². The van der Waals surface area contributed by atoms with Gasteiger partial charge < -0.3 is 24.4 Å². The maximum atomic E-state index is 10.2. The van der Waals surface area contributed by atoms with Gasteiger partial charge in [0.2, 0.25) is 0 Å². The lowest BCUT2D eigenvalue weighted by Crippen LogP contribution is -2.03. The number of esters is 1. The van der Waals surface area contributed by atoms with E-state index < -0.39 is 0 Å². The molecule has 0 fully saturated rings. The fourth-order valence-corrected chi connectivity index (χ4v) is 0.796. The van der Waals surface area contributed by atoms with E-state index in [9.17, 15) is 4.79 Å². The SMILES string of the molecule is COCCCCOC(C)=O.OCCOCCO. The molecule has 2 N–H and O–H groups in total. The van der Waals surface area contributed by atoms with Gasteiger partial charge in [0.05, 0.1) is 33.0 Å². The lowest BCUT2D eigenvalue weighted by molar-refractivity contribution is -0.141. The molecule has 0 aliphatic carbocycles. The highest BCUT2D eigenvalue weighted by atomic mass is 16.5. The van der Waals surface area contributed by atoms with E-state index >= 15 is 0 Å². The van der Waals surface area contributed by atoms with Crippen LogP contribution >= 0.6 is 0 Å². The molecular formula is C11H24O6. The number of carbonyl (C=O) groups is 1. The minimum atomic E-state index is -0.211. The summed E-state index contributed by atoms with van der Waals surface area (Å²) in [5, 5.41) is 16.2. The Hall–Kier alpha value is -0.690. The summed E-state index contributed by atoms with van der Waals surface area (Å²) in [7, 11) is 1.66. The van der Waals surface area contributed by atoms with Crippen molar-refractivity contribution in [1.82, 2.24) is 0 Å². The molecule has 0 spiro atoms. The summed E-state index contributed by atoms with van der Waals surface area (Å²) >= 11 is 0. The number of ether oxygens (including phenoxy) is 3. The monoisotopic (exact) mass is 252 g/mol. The van der Waals surface area contributed by atoms with Crippen molar-refractivity contribution >= 4 is 5.97 Å². The van der Waals surface area contributed by atoms with Crippen LogP contribution in [0.2, 0.25) is 0 Å². The van der Waals surface area contributed by atoms with E-state index in [2.05, 4.69) is 4.74 Å². The molecule has 0 rings (SSSR count). The third kappa shape index (κ3) is 25.5. The van der Waals surface area contributed by atoms with Crippen LogP contribution in [0.15, 0.2) is 0 Å². The number of aliphatic hydroxyl groups is 2. The third-order valence-corrected chi connectivity index (χ3v) is 1.52. The maximum Gasteiger partial charge on any atom is 0.302 e. The van der Waals surface area contributed by atoms with Gasteiger partial charge in [-0.3, -0.25) is 4.79 Å². The van der Waals surface area contributed by atoms with E-state index in [1.165, 1.54) is 6.92 Å². The van der Waals surface area contributed by atoms with E-state index in [0.29, 0.717) is 19.8 Å². The highest BCUT2D eigenvalue weighted by molar-refractivity contribution is 5.65. The molecule has 0 aliphatic rings. The largest absolute Gasteiger partial charge is 0.466 e. The average molecular weight is 252 g/mol. The van der Waals surface area contributed by atoms with Crippen molar-refractivity contribution in [3.05, 3.63) is 0 Å². The van der Waals surface area contributed by atoms with Gasteiger partial charge in [-0.15, -0.1) is 0 Å². The van der Waals surface area contributed by atoms with Gasteiger partial charge in [0.1, 0.15) is 0 Å². The summed E-state index contributed by atoms with van der Waals surface area (Å²) in [6.07, 6.45) is 1.83. The molecule has 0 amide bonds. The van der Waals surface area contributed by atoms with Gasteiger partial charge in [-0.2, -0.15) is 0 Å². The summed E-state index contributed by atoms with van der Waals surface area (Å²) in [6, 6.07) is 0. The molecule has 0 saturated heterocycles. The van der Waals surface area contributed by atoms with E-state index in [0.717, 1.165) is 19.4 Å². The Morgan fingerprint density at radius 2 is 1.53 bits per heavy atom. The molecule has 0 saturated carbocycles. The summed E-state index contributed by atoms with van der Waals surface area (Å²) in [6.45, 7) is 3.36. The van der Waals surface area contributed by atoms with E-state index in [1.54, 1.807) is 7.11 Å². The Labute approximate surface area is 102 Å². The third-order valence-electron chi connectivity index (χ3n) is 1.52. The van der Waals surface area contributed by atoms with Crippen LogP contribution in [0.4, 0.5) is 0 Å². The molecule has 17 heavy (non-hydrogen) atoms. The topological polar surface area (TPSA) is 85.2 Å². The highest BCUT2D eigenvalue weighted by Crippen LogP contribution is 1.90. The van der Waals surface area contributed by atoms with Crippen molar-refractivity contribution < 1.29 is 29.2 Å². The number of rotatable bonds is 9. The van der Waals surface area contributed by atoms with Crippen LogP contribution in [-0.2, 0) is 19.0 Å². The summed E-state index contributed by atoms with van der Waals surface area (Å²) in [5.74, 6) is -0.211. The van der Waals surface area contributed by atoms with Gasteiger partial charge in [-0.1, -0.05) is 0 Å². The zero-order valence-electron chi connectivity index (χ0n) is 10.7. The predicted octanol–water partition coefficient (Wildman–Crippen LogP) is -0.0363.